The molecule has 2 N–H and O–H groups in total. The molecule has 0 spiro atoms. The molecular formula is C14H16N2O6S. The first kappa shape index (κ1) is 15.8. The van der Waals surface area contributed by atoms with Crippen molar-refractivity contribution in [2.75, 3.05) is 6.54 Å². The van der Waals surface area contributed by atoms with E-state index in [1.165, 1.54) is 22.5 Å². The molecule has 0 aliphatic carbocycles. The quantitative estimate of drug-likeness (QED) is 0.860. The number of carboxylic acid groups (broad SMARTS) is 1. The van der Waals surface area contributed by atoms with Gasteiger partial charge in [0.2, 0.25) is 10.0 Å². The third kappa shape index (κ3) is 2.77. The summed E-state index contributed by atoms with van der Waals surface area (Å²) >= 11 is 0. The molecule has 124 valence electrons. The van der Waals surface area contributed by atoms with E-state index in [0.717, 1.165) is 0 Å². The molecule has 0 amide bonds. The zero-order valence-electron chi connectivity index (χ0n) is 12.4. The van der Waals surface area contributed by atoms with Crippen LogP contribution in [-0.2, 0) is 14.8 Å². The second-order valence-electron chi connectivity index (χ2n) is 5.71. The second kappa shape index (κ2) is 5.50. The van der Waals surface area contributed by atoms with Crippen molar-refractivity contribution in [2.45, 2.75) is 30.7 Å². The Morgan fingerprint density at radius 1 is 1.39 bits per heavy atom. The molecule has 2 atom stereocenters. The topological polar surface area (TPSA) is 121 Å². The number of nitrogens with one attached hydrogen (secondary N) is 1. The molecule has 1 aliphatic rings. The van der Waals surface area contributed by atoms with Crippen LogP contribution in [0.2, 0.25) is 0 Å². The van der Waals surface area contributed by atoms with Crippen molar-refractivity contribution >= 4 is 27.1 Å². The molecule has 1 saturated heterocycles. The normalized spacial score (nSPS) is 23.2. The van der Waals surface area contributed by atoms with Gasteiger partial charge in [0.15, 0.2) is 5.58 Å². The number of hydrogen-bond acceptors (Lipinski definition) is 5. The number of fused-ring (bicyclic) bond motifs is 1. The van der Waals surface area contributed by atoms with Gasteiger partial charge in [0, 0.05) is 18.7 Å². The minimum absolute atomic E-state index is 0.0226. The first-order valence-corrected chi connectivity index (χ1v) is 8.60. The van der Waals surface area contributed by atoms with Crippen molar-refractivity contribution < 1.29 is 22.7 Å². The SMILES string of the molecule is CC1CCC(C(=O)O)CN1S(=O)(=O)c1ccc2[nH]c(=O)oc2c1. The number of H-pyrrole nitrogens is 1. The van der Waals surface area contributed by atoms with Crippen molar-refractivity contribution in [3.63, 3.8) is 0 Å². The Morgan fingerprint density at radius 2 is 2.13 bits per heavy atom. The highest BCUT2D eigenvalue weighted by Gasteiger charge is 2.37. The van der Waals surface area contributed by atoms with Crippen LogP contribution in [0.5, 0.6) is 0 Å². The molecule has 1 aromatic heterocycles. The number of hydrogen-bond donors (Lipinski definition) is 2. The monoisotopic (exact) mass is 340 g/mol. The van der Waals surface area contributed by atoms with E-state index in [0.29, 0.717) is 18.4 Å². The number of oxazole rings is 1. The average Bonchev–Trinajstić information content (AvgIpc) is 2.86. The fraction of sp³-hybridized carbons (Fsp3) is 0.429. The number of carbonyl (C=O) groups is 1. The molecule has 9 heteroatoms. The molecule has 0 radical (unpaired) electrons. The van der Waals surface area contributed by atoms with Crippen LogP contribution in [-0.4, -0.2) is 41.4 Å². The van der Waals surface area contributed by atoms with Gasteiger partial charge in [-0.15, -0.1) is 0 Å². The molecule has 2 unspecified atom stereocenters. The predicted molar refractivity (Wildman–Crippen MR) is 80.5 cm³/mol. The highest BCUT2D eigenvalue weighted by Crippen LogP contribution is 2.29. The molecular weight excluding hydrogens is 324 g/mol. The first-order chi connectivity index (χ1) is 10.8. The van der Waals surface area contributed by atoms with Gasteiger partial charge in [0.05, 0.1) is 16.3 Å². The summed E-state index contributed by atoms with van der Waals surface area (Å²) in [6.45, 7) is 1.69. The number of sulfonamides is 1. The van der Waals surface area contributed by atoms with Crippen LogP contribution in [0.3, 0.4) is 0 Å². The number of aromatic nitrogens is 1. The largest absolute Gasteiger partial charge is 0.481 e. The number of carboxylic acids is 1. The van der Waals surface area contributed by atoms with Crippen molar-refractivity contribution in [1.82, 2.24) is 9.29 Å². The van der Waals surface area contributed by atoms with E-state index in [2.05, 4.69) is 4.98 Å². The van der Waals surface area contributed by atoms with Crippen LogP contribution in [0.4, 0.5) is 0 Å². The van der Waals surface area contributed by atoms with Crippen LogP contribution in [0.1, 0.15) is 19.8 Å². The average molecular weight is 340 g/mol. The van der Waals surface area contributed by atoms with Gasteiger partial charge >= 0.3 is 11.7 Å². The molecule has 1 aliphatic heterocycles. The Kier molecular flexibility index (Phi) is 3.77. The van der Waals surface area contributed by atoms with E-state index in [4.69, 9.17) is 9.52 Å². The highest BCUT2D eigenvalue weighted by atomic mass is 32.2. The second-order valence-corrected chi connectivity index (χ2v) is 7.60. The Bertz CT molecular complexity index is 913. The van der Waals surface area contributed by atoms with Gasteiger partial charge < -0.3 is 9.52 Å². The summed E-state index contributed by atoms with van der Waals surface area (Å²) < 4.78 is 31.7. The number of nitrogens with zero attached hydrogens (tertiary/aromatic N) is 1. The minimum Gasteiger partial charge on any atom is -0.481 e. The molecule has 2 heterocycles. The Morgan fingerprint density at radius 3 is 2.83 bits per heavy atom. The predicted octanol–water partition coefficient (Wildman–Crippen LogP) is 0.995. The molecule has 23 heavy (non-hydrogen) atoms. The Balaban J connectivity index is 2.00. The summed E-state index contributed by atoms with van der Waals surface area (Å²) in [4.78, 5) is 24.8. The summed E-state index contributed by atoms with van der Waals surface area (Å²) in [5.41, 5.74) is 0.555. The van der Waals surface area contributed by atoms with Crippen LogP contribution >= 0.6 is 0 Å². The van der Waals surface area contributed by atoms with Gasteiger partial charge in [-0.1, -0.05) is 0 Å². The van der Waals surface area contributed by atoms with E-state index < -0.39 is 27.7 Å². The van der Waals surface area contributed by atoms with Gasteiger partial charge in [-0.05, 0) is 31.9 Å². The summed E-state index contributed by atoms with van der Waals surface area (Å²) in [6, 6.07) is 3.82. The first-order valence-electron chi connectivity index (χ1n) is 7.16. The Labute approximate surface area is 131 Å². The van der Waals surface area contributed by atoms with Gasteiger partial charge in [-0.3, -0.25) is 9.78 Å². The lowest BCUT2D eigenvalue weighted by Crippen LogP contribution is -2.47. The standard InChI is InChI=1S/C14H16N2O6S/c1-8-2-3-9(13(17)18)7-16(8)23(20,21)10-4-5-11-12(6-10)22-14(19)15-11/h4-6,8-9H,2-3,7H2,1H3,(H,15,19)(H,17,18). The number of aliphatic carboxylic acids is 1. The fourth-order valence-corrected chi connectivity index (χ4v) is 4.56. The van der Waals surface area contributed by atoms with E-state index >= 15 is 0 Å². The van der Waals surface area contributed by atoms with E-state index in [1.807, 2.05) is 0 Å². The molecule has 1 aromatic carbocycles. The van der Waals surface area contributed by atoms with Crippen LogP contribution in [0.15, 0.2) is 32.3 Å². The van der Waals surface area contributed by atoms with Crippen molar-refractivity contribution in [1.29, 1.82) is 0 Å². The Hall–Kier alpha value is -2.13. The summed E-state index contributed by atoms with van der Waals surface area (Å²) in [5.74, 6) is -2.37. The van der Waals surface area contributed by atoms with Gasteiger partial charge in [-0.2, -0.15) is 4.31 Å². The molecule has 8 nitrogen and oxygen atoms in total. The highest BCUT2D eigenvalue weighted by molar-refractivity contribution is 7.89. The van der Waals surface area contributed by atoms with Crippen LogP contribution < -0.4 is 5.76 Å². The third-order valence-electron chi connectivity index (χ3n) is 4.17. The van der Waals surface area contributed by atoms with E-state index in [-0.39, 0.29) is 23.1 Å². The lowest BCUT2D eigenvalue weighted by Gasteiger charge is -2.35. The smallest absolute Gasteiger partial charge is 0.417 e. The summed E-state index contributed by atoms with van der Waals surface area (Å²) in [7, 11) is -3.87. The van der Waals surface area contributed by atoms with Crippen molar-refractivity contribution in [2.24, 2.45) is 5.92 Å². The molecule has 2 aromatic rings. The minimum atomic E-state index is -3.87. The molecule has 1 fully saturated rings. The zero-order valence-corrected chi connectivity index (χ0v) is 13.2. The third-order valence-corrected chi connectivity index (χ3v) is 6.15. The van der Waals surface area contributed by atoms with Gasteiger partial charge in [-0.25, -0.2) is 13.2 Å². The van der Waals surface area contributed by atoms with Gasteiger partial charge in [0.1, 0.15) is 0 Å². The number of aromatic amines is 1. The summed E-state index contributed by atoms with van der Waals surface area (Å²) in [5, 5.41) is 9.15. The molecule has 3 rings (SSSR count). The lowest BCUT2D eigenvalue weighted by molar-refractivity contribution is -0.143. The van der Waals surface area contributed by atoms with Crippen molar-refractivity contribution in [3.8, 4) is 0 Å². The number of piperidine rings is 1. The lowest BCUT2D eigenvalue weighted by atomic mass is 9.96. The van der Waals surface area contributed by atoms with Gasteiger partial charge in [0.25, 0.3) is 0 Å². The van der Waals surface area contributed by atoms with E-state index in [1.54, 1.807) is 6.92 Å². The maximum Gasteiger partial charge on any atom is 0.417 e. The number of rotatable bonds is 3. The molecule has 0 bridgehead atoms. The van der Waals surface area contributed by atoms with Crippen molar-refractivity contribution in [3.05, 3.63) is 28.7 Å². The number of benzene rings is 1. The summed E-state index contributed by atoms with van der Waals surface area (Å²) in [6.07, 6.45) is 0.936. The van der Waals surface area contributed by atoms with E-state index in [9.17, 15) is 18.0 Å². The molecule has 0 saturated carbocycles. The maximum absolute atomic E-state index is 12.8. The van der Waals surface area contributed by atoms with Crippen LogP contribution in [0, 0.1) is 5.92 Å². The fourth-order valence-electron chi connectivity index (χ4n) is 2.83. The maximum atomic E-state index is 12.8. The zero-order chi connectivity index (χ0) is 16.8. The van der Waals surface area contributed by atoms with Crippen LogP contribution in [0.25, 0.3) is 11.1 Å².